The zero-order valence-electron chi connectivity index (χ0n) is 8.97. The van der Waals surface area contributed by atoms with E-state index in [1.807, 2.05) is 0 Å². The molecule has 72 valence electrons. The standard InChI is InChI=1S/C12H24/c1-4-5-6-7-8-9-10-11-12(2)3/h5-6,12H,4,7-11H2,1-3H3/b6-5-. The highest BCUT2D eigenvalue weighted by atomic mass is 14.0. The average Bonchev–Trinajstić information content (AvgIpc) is 2.02. The second kappa shape index (κ2) is 8.83. The summed E-state index contributed by atoms with van der Waals surface area (Å²) in [6, 6.07) is 0. The SMILES string of the molecule is CC/C=C\CCCCCC(C)C. The molecule has 0 heterocycles. The molecule has 0 spiro atoms. The summed E-state index contributed by atoms with van der Waals surface area (Å²) in [7, 11) is 0. The van der Waals surface area contributed by atoms with E-state index in [0.717, 1.165) is 5.92 Å². The lowest BCUT2D eigenvalue weighted by Crippen LogP contribution is -1.86. The fourth-order valence-corrected chi connectivity index (χ4v) is 1.28. The largest absolute Gasteiger partial charge is 0.0888 e. The van der Waals surface area contributed by atoms with Gasteiger partial charge in [0.25, 0.3) is 0 Å². The molecule has 0 amide bonds. The van der Waals surface area contributed by atoms with Crippen LogP contribution >= 0.6 is 0 Å². The van der Waals surface area contributed by atoms with Crippen LogP contribution in [0.1, 0.15) is 59.3 Å². The van der Waals surface area contributed by atoms with Crippen molar-refractivity contribution in [1.82, 2.24) is 0 Å². The summed E-state index contributed by atoms with van der Waals surface area (Å²) in [5.74, 6) is 0.885. The van der Waals surface area contributed by atoms with Gasteiger partial charge in [0.05, 0.1) is 0 Å². The van der Waals surface area contributed by atoms with Crippen molar-refractivity contribution >= 4 is 0 Å². The monoisotopic (exact) mass is 168 g/mol. The molecule has 0 fully saturated rings. The van der Waals surface area contributed by atoms with Gasteiger partial charge in [-0.25, -0.2) is 0 Å². The molecule has 0 nitrogen and oxygen atoms in total. The fraction of sp³-hybridized carbons (Fsp3) is 0.833. The minimum Gasteiger partial charge on any atom is -0.0888 e. The third-order valence-electron chi connectivity index (χ3n) is 2.05. The lowest BCUT2D eigenvalue weighted by molar-refractivity contribution is 0.528. The second-order valence-electron chi connectivity index (χ2n) is 3.91. The molecule has 0 saturated heterocycles. The van der Waals surface area contributed by atoms with Gasteiger partial charge in [0.15, 0.2) is 0 Å². The maximum Gasteiger partial charge on any atom is -0.0351 e. The van der Waals surface area contributed by atoms with Gasteiger partial charge < -0.3 is 0 Å². The Kier molecular flexibility index (Phi) is 8.64. The molecule has 0 aliphatic heterocycles. The summed E-state index contributed by atoms with van der Waals surface area (Å²) in [5, 5.41) is 0. The molecule has 12 heavy (non-hydrogen) atoms. The summed E-state index contributed by atoms with van der Waals surface area (Å²) < 4.78 is 0. The van der Waals surface area contributed by atoms with Gasteiger partial charge >= 0.3 is 0 Å². The van der Waals surface area contributed by atoms with Crippen LogP contribution in [0.25, 0.3) is 0 Å². The Morgan fingerprint density at radius 3 is 2.33 bits per heavy atom. The van der Waals surface area contributed by atoms with Crippen molar-refractivity contribution in [2.75, 3.05) is 0 Å². The highest BCUT2D eigenvalue weighted by Crippen LogP contribution is 2.09. The fourth-order valence-electron chi connectivity index (χ4n) is 1.28. The van der Waals surface area contributed by atoms with Gasteiger partial charge in [-0.05, 0) is 25.2 Å². The Morgan fingerprint density at radius 2 is 1.75 bits per heavy atom. The molecule has 0 aromatic carbocycles. The molecule has 0 saturated carbocycles. The maximum atomic E-state index is 2.31. The predicted octanol–water partition coefficient (Wildman–Crippen LogP) is 4.56. The van der Waals surface area contributed by atoms with E-state index < -0.39 is 0 Å². The van der Waals surface area contributed by atoms with E-state index >= 15 is 0 Å². The van der Waals surface area contributed by atoms with Crippen LogP contribution in [0.3, 0.4) is 0 Å². The lowest BCUT2D eigenvalue weighted by Gasteiger charge is -2.02. The first kappa shape index (κ1) is 11.7. The van der Waals surface area contributed by atoms with Crippen LogP contribution in [-0.4, -0.2) is 0 Å². The highest BCUT2D eigenvalue weighted by molar-refractivity contribution is 4.79. The third kappa shape index (κ3) is 9.74. The molecular formula is C12H24. The van der Waals surface area contributed by atoms with Crippen LogP contribution < -0.4 is 0 Å². The molecule has 0 aromatic heterocycles. The van der Waals surface area contributed by atoms with Gasteiger partial charge in [-0.2, -0.15) is 0 Å². The van der Waals surface area contributed by atoms with Gasteiger partial charge in [0.2, 0.25) is 0 Å². The smallest absolute Gasteiger partial charge is 0.0351 e. The molecular weight excluding hydrogens is 144 g/mol. The van der Waals surface area contributed by atoms with Crippen LogP contribution in [0.5, 0.6) is 0 Å². The Labute approximate surface area is 78.1 Å². The van der Waals surface area contributed by atoms with Crippen molar-refractivity contribution in [1.29, 1.82) is 0 Å². The van der Waals surface area contributed by atoms with E-state index in [4.69, 9.17) is 0 Å². The minimum absolute atomic E-state index is 0.885. The quantitative estimate of drug-likeness (QED) is 0.386. The van der Waals surface area contributed by atoms with Gasteiger partial charge in [-0.15, -0.1) is 0 Å². The van der Waals surface area contributed by atoms with Crippen molar-refractivity contribution in [3.05, 3.63) is 12.2 Å². The minimum atomic E-state index is 0.885. The summed E-state index contributed by atoms with van der Waals surface area (Å²) in [4.78, 5) is 0. The predicted molar refractivity (Wildman–Crippen MR) is 57.4 cm³/mol. The number of allylic oxidation sites excluding steroid dienone is 2. The topological polar surface area (TPSA) is 0 Å². The summed E-state index contributed by atoms with van der Waals surface area (Å²) >= 11 is 0. The van der Waals surface area contributed by atoms with Gasteiger partial charge in [-0.1, -0.05) is 52.2 Å². The zero-order chi connectivity index (χ0) is 9.23. The van der Waals surface area contributed by atoms with Crippen LogP contribution in [0.4, 0.5) is 0 Å². The highest BCUT2D eigenvalue weighted by Gasteiger charge is 1.92. The average molecular weight is 168 g/mol. The number of rotatable bonds is 7. The molecule has 0 unspecified atom stereocenters. The normalized spacial score (nSPS) is 11.7. The Hall–Kier alpha value is -0.260. The summed E-state index contributed by atoms with van der Waals surface area (Å²) in [5.41, 5.74) is 0. The second-order valence-corrected chi connectivity index (χ2v) is 3.91. The molecule has 0 bridgehead atoms. The number of hydrogen-bond acceptors (Lipinski definition) is 0. The number of hydrogen-bond donors (Lipinski definition) is 0. The van der Waals surface area contributed by atoms with E-state index in [-0.39, 0.29) is 0 Å². The van der Waals surface area contributed by atoms with Crippen LogP contribution in [0.2, 0.25) is 0 Å². The molecule has 0 atom stereocenters. The Bertz CT molecular complexity index is 101. The molecule has 0 aliphatic rings. The maximum absolute atomic E-state index is 2.31. The molecule has 0 radical (unpaired) electrons. The molecule has 0 heteroatoms. The summed E-state index contributed by atoms with van der Waals surface area (Å²) in [6.07, 6.45) is 12.7. The van der Waals surface area contributed by atoms with Crippen molar-refractivity contribution < 1.29 is 0 Å². The first-order valence-electron chi connectivity index (χ1n) is 5.42. The lowest BCUT2D eigenvalue weighted by atomic mass is 10.0. The summed E-state index contributed by atoms with van der Waals surface area (Å²) in [6.45, 7) is 6.79. The molecule has 0 N–H and O–H groups in total. The van der Waals surface area contributed by atoms with Crippen LogP contribution in [0, 0.1) is 5.92 Å². The van der Waals surface area contributed by atoms with Crippen LogP contribution in [0.15, 0.2) is 12.2 Å². The van der Waals surface area contributed by atoms with Gasteiger partial charge in [0.1, 0.15) is 0 Å². The van der Waals surface area contributed by atoms with Crippen molar-refractivity contribution in [2.45, 2.75) is 59.3 Å². The zero-order valence-corrected chi connectivity index (χ0v) is 8.97. The van der Waals surface area contributed by atoms with E-state index in [2.05, 4.69) is 32.9 Å². The van der Waals surface area contributed by atoms with Gasteiger partial charge in [-0.3, -0.25) is 0 Å². The van der Waals surface area contributed by atoms with Crippen molar-refractivity contribution in [3.63, 3.8) is 0 Å². The first-order valence-corrected chi connectivity index (χ1v) is 5.42. The molecule has 0 rings (SSSR count). The Balaban J connectivity index is 2.96. The molecule has 0 aliphatic carbocycles. The van der Waals surface area contributed by atoms with E-state index in [1.165, 1.54) is 38.5 Å². The van der Waals surface area contributed by atoms with Gasteiger partial charge in [0, 0.05) is 0 Å². The first-order chi connectivity index (χ1) is 5.77. The van der Waals surface area contributed by atoms with Crippen LogP contribution in [-0.2, 0) is 0 Å². The molecule has 0 aromatic rings. The van der Waals surface area contributed by atoms with E-state index in [0.29, 0.717) is 0 Å². The van der Waals surface area contributed by atoms with E-state index in [1.54, 1.807) is 0 Å². The van der Waals surface area contributed by atoms with E-state index in [9.17, 15) is 0 Å². The Morgan fingerprint density at radius 1 is 1.00 bits per heavy atom. The number of unbranched alkanes of at least 4 members (excludes halogenated alkanes) is 3. The van der Waals surface area contributed by atoms with Crippen molar-refractivity contribution in [2.24, 2.45) is 5.92 Å². The van der Waals surface area contributed by atoms with Crippen molar-refractivity contribution in [3.8, 4) is 0 Å². The third-order valence-corrected chi connectivity index (χ3v) is 2.05.